The summed E-state index contributed by atoms with van der Waals surface area (Å²) in [7, 11) is -4.01. The monoisotopic (exact) mass is 444 g/mol. The predicted octanol–water partition coefficient (Wildman–Crippen LogP) is 3.14. The number of hydrogen-bond acceptors (Lipinski definition) is 5. The van der Waals surface area contributed by atoms with Crippen LogP contribution in [-0.2, 0) is 21.4 Å². The Morgan fingerprint density at radius 1 is 1.10 bits per heavy atom. The summed E-state index contributed by atoms with van der Waals surface area (Å²) in [4.78, 5) is 21.2. The number of sulfonamides is 1. The summed E-state index contributed by atoms with van der Waals surface area (Å²) in [5.74, 6) is -0.293. The third-order valence-corrected chi connectivity index (χ3v) is 7.20. The molecule has 4 rings (SSSR count). The van der Waals surface area contributed by atoms with Gasteiger partial charge in [-0.15, -0.1) is 0 Å². The van der Waals surface area contributed by atoms with E-state index in [9.17, 15) is 13.2 Å². The number of hydrogen-bond donors (Lipinski definition) is 1. The molecule has 7 nitrogen and oxygen atoms in total. The van der Waals surface area contributed by atoms with E-state index in [0.717, 1.165) is 23.7 Å². The fraction of sp³-hybridized carbons (Fsp3) is 0.286. The van der Waals surface area contributed by atoms with E-state index in [4.69, 9.17) is 11.6 Å². The Hall–Kier alpha value is -2.55. The molecule has 0 radical (unpaired) electrons. The molecule has 156 valence electrons. The molecule has 0 spiro atoms. The number of aromatic nitrogens is 2. The maximum Gasteiger partial charge on any atom is 0.245 e. The van der Waals surface area contributed by atoms with Gasteiger partial charge < -0.3 is 5.32 Å². The topological polar surface area (TPSA) is 92.3 Å². The lowest BCUT2D eigenvalue weighted by molar-refractivity contribution is -0.124. The highest BCUT2D eigenvalue weighted by molar-refractivity contribution is 7.89. The first-order valence-corrected chi connectivity index (χ1v) is 11.5. The first-order chi connectivity index (χ1) is 14.4. The number of halogens is 1. The summed E-state index contributed by atoms with van der Waals surface area (Å²) in [6, 6.07) is 13.3. The van der Waals surface area contributed by atoms with Gasteiger partial charge in [0, 0.05) is 18.1 Å². The van der Waals surface area contributed by atoms with Gasteiger partial charge in [-0.25, -0.2) is 13.4 Å². The van der Waals surface area contributed by atoms with Gasteiger partial charge in [-0.1, -0.05) is 35.9 Å². The molecule has 1 aliphatic heterocycles. The summed E-state index contributed by atoms with van der Waals surface area (Å²) in [6.07, 6.45) is 3.22. The van der Waals surface area contributed by atoms with Crippen molar-refractivity contribution in [3.05, 3.63) is 65.6 Å². The van der Waals surface area contributed by atoms with Crippen molar-refractivity contribution in [2.24, 2.45) is 0 Å². The quantitative estimate of drug-likeness (QED) is 0.610. The SMILES string of the molecule is O=C1NCCCC[C@H]1N(Cc1ccc2ccccc2n1)S(=O)(=O)c1ccc(Cl)nc1. The smallest absolute Gasteiger partial charge is 0.245 e. The molecule has 0 saturated carbocycles. The van der Waals surface area contributed by atoms with Crippen LogP contribution in [0.25, 0.3) is 10.9 Å². The van der Waals surface area contributed by atoms with Crippen LogP contribution in [0.3, 0.4) is 0 Å². The number of carbonyl (C=O) groups is 1. The Morgan fingerprint density at radius 3 is 2.73 bits per heavy atom. The Bertz CT molecular complexity index is 1170. The van der Waals surface area contributed by atoms with E-state index in [-0.39, 0.29) is 22.5 Å². The van der Waals surface area contributed by atoms with Gasteiger partial charge in [0.1, 0.15) is 16.1 Å². The van der Waals surface area contributed by atoms with Gasteiger partial charge in [0.15, 0.2) is 0 Å². The minimum absolute atomic E-state index is 0.00950. The number of para-hydroxylation sites is 1. The average Bonchev–Trinajstić information content (AvgIpc) is 2.96. The summed E-state index contributed by atoms with van der Waals surface area (Å²) >= 11 is 5.83. The van der Waals surface area contributed by atoms with Gasteiger partial charge in [-0.05, 0) is 43.5 Å². The summed E-state index contributed by atoms with van der Waals surface area (Å²) in [5, 5.41) is 3.98. The molecular formula is C21H21ClN4O3S. The van der Waals surface area contributed by atoms with Crippen LogP contribution in [0.5, 0.6) is 0 Å². The molecule has 1 aliphatic rings. The highest BCUT2D eigenvalue weighted by Crippen LogP contribution is 2.25. The third-order valence-electron chi connectivity index (χ3n) is 5.13. The van der Waals surface area contributed by atoms with Gasteiger partial charge in [-0.2, -0.15) is 4.31 Å². The first kappa shape index (κ1) is 20.7. The van der Waals surface area contributed by atoms with Gasteiger partial charge in [-0.3, -0.25) is 9.78 Å². The van der Waals surface area contributed by atoms with Gasteiger partial charge in [0.05, 0.1) is 17.8 Å². The molecule has 1 atom stereocenters. The van der Waals surface area contributed by atoms with E-state index >= 15 is 0 Å². The van der Waals surface area contributed by atoms with Crippen LogP contribution in [0.15, 0.2) is 59.6 Å². The Kier molecular flexibility index (Phi) is 5.99. The number of nitrogens with zero attached hydrogens (tertiary/aromatic N) is 3. The zero-order valence-corrected chi connectivity index (χ0v) is 17.7. The molecule has 1 fully saturated rings. The van der Waals surface area contributed by atoms with Gasteiger partial charge in [0.25, 0.3) is 0 Å². The highest BCUT2D eigenvalue weighted by atomic mass is 35.5. The number of pyridine rings is 2. The summed E-state index contributed by atoms with van der Waals surface area (Å²) in [5.41, 5.74) is 1.34. The van der Waals surface area contributed by atoms with Crippen LogP contribution in [-0.4, -0.2) is 41.2 Å². The van der Waals surface area contributed by atoms with Crippen LogP contribution >= 0.6 is 11.6 Å². The van der Waals surface area contributed by atoms with E-state index in [0.29, 0.717) is 18.7 Å². The van der Waals surface area contributed by atoms with Crippen molar-refractivity contribution in [1.29, 1.82) is 0 Å². The lowest BCUT2D eigenvalue weighted by Gasteiger charge is -2.28. The summed E-state index contributed by atoms with van der Waals surface area (Å²) in [6.45, 7) is 0.522. The Balaban J connectivity index is 1.75. The second kappa shape index (κ2) is 8.67. The van der Waals surface area contributed by atoms with Crippen LogP contribution < -0.4 is 5.32 Å². The maximum absolute atomic E-state index is 13.5. The fourth-order valence-corrected chi connectivity index (χ4v) is 5.21. The van der Waals surface area contributed by atoms with Crippen molar-refractivity contribution in [3.63, 3.8) is 0 Å². The molecule has 30 heavy (non-hydrogen) atoms. The Morgan fingerprint density at radius 2 is 1.93 bits per heavy atom. The minimum atomic E-state index is -4.01. The molecule has 3 aromatic rings. The molecule has 9 heteroatoms. The second-order valence-electron chi connectivity index (χ2n) is 7.16. The Labute approximate surface area is 180 Å². The van der Waals surface area contributed by atoms with Gasteiger partial charge in [0.2, 0.25) is 15.9 Å². The van der Waals surface area contributed by atoms with Crippen molar-refractivity contribution in [2.45, 2.75) is 36.7 Å². The lowest BCUT2D eigenvalue weighted by atomic mass is 10.1. The van der Waals surface area contributed by atoms with Crippen LogP contribution in [0.4, 0.5) is 0 Å². The lowest BCUT2D eigenvalue weighted by Crippen LogP contribution is -2.48. The molecular weight excluding hydrogens is 424 g/mol. The molecule has 0 aliphatic carbocycles. The number of carbonyl (C=O) groups excluding carboxylic acids is 1. The largest absolute Gasteiger partial charge is 0.355 e. The number of amides is 1. The fourth-order valence-electron chi connectivity index (χ4n) is 3.57. The normalized spacial score (nSPS) is 17.7. The number of fused-ring (bicyclic) bond motifs is 1. The van der Waals surface area contributed by atoms with Gasteiger partial charge >= 0.3 is 0 Å². The first-order valence-electron chi connectivity index (χ1n) is 9.71. The van der Waals surface area contributed by atoms with E-state index in [1.54, 1.807) is 6.07 Å². The average molecular weight is 445 g/mol. The van der Waals surface area contributed by atoms with E-state index in [1.165, 1.54) is 22.6 Å². The third kappa shape index (κ3) is 4.30. The van der Waals surface area contributed by atoms with Crippen LogP contribution in [0.2, 0.25) is 5.15 Å². The van der Waals surface area contributed by atoms with Crippen molar-refractivity contribution >= 4 is 38.4 Å². The zero-order valence-electron chi connectivity index (χ0n) is 16.2. The molecule has 2 aromatic heterocycles. The molecule has 3 heterocycles. The van der Waals surface area contributed by atoms with Crippen molar-refractivity contribution in [1.82, 2.24) is 19.6 Å². The van der Waals surface area contributed by atoms with E-state index < -0.39 is 16.1 Å². The maximum atomic E-state index is 13.5. The summed E-state index contributed by atoms with van der Waals surface area (Å²) < 4.78 is 28.2. The van der Waals surface area contributed by atoms with Crippen molar-refractivity contribution in [3.8, 4) is 0 Å². The minimum Gasteiger partial charge on any atom is -0.355 e. The zero-order chi connectivity index (χ0) is 21.1. The number of nitrogens with one attached hydrogen (secondary N) is 1. The highest BCUT2D eigenvalue weighted by Gasteiger charge is 2.37. The van der Waals surface area contributed by atoms with Crippen LogP contribution in [0.1, 0.15) is 25.0 Å². The van der Waals surface area contributed by atoms with Crippen molar-refractivity contribution in [2.75, 3.05) is 6.54 Å². The number of benzene rings is 1. The molecule has 1 aromatic carbocycles. The van der Waals surface area contributed by atoms with Crippen LogP contribution in [0, 0.1) is 0 Å². The van der Waals surface area contributed by atoms with E-state index in [1.807, 2.05) is 30.3 Å². The van der Waals surface area contributed by atoms with Crippen molar-refractivity contribution < 1.29 is 13.2 Å². The molecule has 1 N–H and O–H groups in total. The molecule has 1 saturated heterocycles. The second-order valence-corrected chi connectivity index (χ2v) is 9.44. The molecule has 0 bridgehead atoms. The number of rotatable bonds is 5. The molecule has 1 amide bonds. The predicted molar refractivity (Wildman–Crippen MR) is 114 cm³/mol. The standard InChI is InChI=1S/C21H21ClN4O3S/c22-20-11-10-17(13-24-20)30(28,29)26(19-7-3-4-12-23-21(19)27)14-16-9-8-15-5-1-2-6-18(15)25-16/h1-2,5-6,8-11,13,19H,3-4,7,12,14H2,(H,23,27)/t19-/m1/s1. The van der Waals surface area contributed by atoms with E-state index in [2.05, 4.69) is 15.3 Å². The molecule has 0 unspecified atom stereocenters.